The molecule has 3 N–H and O–H groups in total. The van der Waals surface area contributed by atoms with E-state index in [0.29, 0.717) is 10.0 Å². The molecule has 0 bridgehead atoms. The molecule has 1 aromatic carbocycles. The zero-order chi connectivity index (χ0) is 20.5. The summed E-state index contributed by atoms with van der Waals surface area (Å²) >= 11 is 2.77. The zero-order valence-corrected chi connectivity index (χ0v) is 18.0. The van der Waals surface area contributed by atoms with Crippen molar-refractivity contribution in [3.8, 4) is 10.6 Å². The number of amides is 1. The number of fused-ring (bicyclic) bond motifs is 2. The van der Waals surface area contributed by atoms with Crippen molar-refractivity contribution < 1.29 is 4.79 Å². The van der Waals surface area contributed by atoms with Crippen LogP contribution in [-0.2, 0) is 12.8 Å². The summed E-state index contributed by atoms with van der Waals surface area (Å²) < 4.78 is 0. The summed E-state index contributed by atoms with van der Waals surface area (Å²) in [5.41, 5.74) is 4.17. The third kappa shape index (κ3) is 3.55. The molecule has 0 spiro atoms. The number of thiophene rings is 1. The number of carbonyl (C=O) groups excluding carboxylic acids is 1. The van der Waals surface area contributed by atoms with Crippen LogP contribution in [0.15, 0.2) is 36.4 Å². The maximum absolute atomic E-state index is 13.0. The number of rotatable bonds is 4. The molecule has 9 heteroatoms. The number of hydrogen-bond acceptors (Lipinski definition) is 8. The smallest absolute Gasteiger partial charge is 0.269 e. The topological polar surface area (TPSA) is 91.8 Å². The highest BCUT2D eigenvalue weighted by Crippen LogP contribution is 2.37. The van der Waals surface area contributed by atoms with Crippen LogP contribution in [0, 0.1) is 0 Å². The molecule has 1 amide bonds. The maximum Gasteiger partial charge on any atom is 0.269 e. The average molecular weight is 437 g/mol. The molecule has 0 aliphatic carbocycles. The van der Waals surface area contributed by atoms with Crippen molar-refractivity contribution >= 4 is 49.6 Å². The molecule has 0 radical (unpaired) electrons. The molecule has 0 fully saturated rings. The predicted molar refractivity (Wildman–Crippen MR) is 123 cm³/mol. The van der Waals surface area contributed by atoms with Crippen LogP contribution in [0.3, 0.4) is 0 Å². The van der Waals surface area contributed by atoms with Gasteiger partial charge in [0.2, 0.25) is 5.13 Å². The van der Waals surface area contributed by atoms with Gasteiger partial charge in [0.15, 0.2) is 0 Å². The number of anilines is 2. The fourth-order valence-corrected chi connectivity index (χ4v) is 5.44. The molecule has 0 unspecified atom stereocenters. The zero-order valence-electron chi connectivity index (χ0n) is 16.4. The number of pyridine rings is 1. The first-order valence-electron chi connectivity index (χ1n) is 9.77. The normalized spacial score (nSPS) is 13.6. The average Bonchev–Trinajstić information content (AvgIpc) is 3.30. The SMILES string of the molecule is CNc1c(C(=O)Nc2nnc(-c3ccccc3)s2)sc2nc3c(cc12)CCNCC3. The van der Waals surface area contributed by atoms with Gasteiger partial charge in [-0.05, 0) is 24.6 Å². The van der Waals surface area contributed by atoms with Crippen molar-refractivity contribution in [3.05, 3.63) is 52.5 Å². The van der Waals surface area contributed by atoms with E-state index in [0.717, 1.165) is 58.1 Å². The van der Waals surface area contributed by atoms with Gasteiger partial charge in [-0.2, -0.15) is 0 Å². The second-order valence-electron chi connectivity index (χ2n) is 6.99. The van der Waals surface area contributed by atoms with Gasteiger partial charge >= 0.3 is 0 Å². The van der Waals surface area contributed by atoms with Gasteiger partial charge in [0, 0.05) is 36.7 Å². The molecule has 3 aromatic heterocycles. The van der Waals surface area contributed by atoms with E-state index >= 15 is 0 Å². The summed E-state index contributed by atoms with van der Waals surface area (Å²) in [6, 6.07) is 12.0. The molecule has 0 atom stereocenters. The Morgan fingerprint density at radius 2 is 1.93 bits per heavy atom. The van der Waals surface area contributed by atoms with Crippen molar-refractivity contribution in [3.63, 3.8) is 0 Å². The van der Waals surface area contributed by atoms with E-state index in [1.807, 2.05) is 37.4 Å². The van der Waals surface area contributed by atoms with Gasteiger partial charge in [-0.25, -0.2) is 4.98 Å². The molecular formula is C21H20N6OS2. The number of aromatic nitrogens is 3. The number of benzene rings is 1. The van der Waals surface area contributed by atoms with Gasteiger partial charge in [0.1, 0.15) is 14.7 Å². The lowest BCUT2D eigenvalue weighted by atomic mass is 10.1. The molecule has 152 valence electrons. The predicted octanol–water partition coefficient (Wildman–Crippen LogP) is 3.80. The highest BCUT2D eigenvalue weighted by atomic mass is 32.1. The molecule has 0 saturated heterocycles. The third-order valence-electron chi connectivity index (χ3n) is 5.08. The Hall–Kier alpha value is -2.88. The fraction of sp³-hybridized carbons (Fsp3) is 0.238. The van der Waals surface area contributed by atoms with E-state index in [9.17, 15) is 4.79 Å². The van der Waals surface area contributed by atoms with Gasteiger partial charge in [-0.1, -0.05) is 41.7 Å². The number of nitrogens with one attached hydrogen (secondary N) is 3. The van der Waals surface area contributed by atoms with E-state index in [-0.39, 0.29) is 5.91 Å². The molecule has 0 saturated carbocycles. The minimum atomic E-state index is -0.199. The van der Waals surface area contributed by atoms with Crippen LogP contribution in [-0.4, -0.2) is 41.2 Å². The third-order valence-corrected chi connectivity index (χ3v) is 7.07. The molecule has 7 nitrogen and oxygen atoms in total. The first-order valence-corrected chi connectivity index (χ1v) is 11.4. The van der Waals surface area contributed by atoms with Crippen molar-refractivity contribution in [2.45, 2.75) is 12.8 Å². The molecular weight excluding hydrogens is 416 g/mol. The molecule has 1 aliphatic rings. The number of carbonyl (C=O) groups is 1. The van der Waals surface area contributed by atoms with E-state index in [1.54, 1.807) is 0 Å². The maximum atomic E-state index is 13.0. The first-order chi connectivity index (χ1) is 14.7. The van der Waals surface area contributed by atoms with Crippen LogP contribution in [0.4, 0.5) is 10.8 Å². The van der Waals surface area contributed by atoms with Crippen LogP contribution >= 0.6 is 22.7 Å². The number of hydrogen-bond donors (Lipinski definition) is 3. The summed E-state index contributed by atoms with van der Waals surface area (Å²) in [6.07, 6.45) is 1.86. The summed E-state index contributed by atoms with van der Waals surface area (Å²) in [6.45, 7) is 1.89. The minimum Gasteiger partial charge on any atom is -0.386 e. The lowest BCUT2D eigenvalue weighted by molar-refractivity contribution is 0.103. The molecule has 1 aliphatic heterocycles. The Morgan fingerprint density at radius 3 is 2.77 bits per heavy atom. The summed E-state index contributed by atoms with van der Waals surface area (Å²) in [7, 11) is 1.84. The van der Waals surface area contributed by atoms with Crippen LogP contribution in [0.2, 0.25) is 0 Å². The van der Waals surface area contributed by atoms with Gasteiger partial charge < -0.3 is 10.6 Å². The quantitative estimate of drug-likeness (QED) is 0.451. The molecule has 4 heterocycles. The summed E-state index contributed by atoms with van der Waals surface area (Å²) in [5, 5.41) is 20.1. The molecule has 5 rings (SSSR count). The Kier molecular flexibility index (Phi) is 5.16. The van der Waals surface area contributed by atoms with Crippen LogP contribution in [0.25, 0.3) is 20.8 Å². The second-order valence-corrected chi connectivity index (χ2v) is 8.96. The minimum absolute atomic E-state index is 0.199. The van der Waals surface area contributed by atoms with Gasteiger partial charge in [0.05, 0.1) is 5.69 Å². The highest BCUT2D eigenvalue weighted by Gasteiger charge is 2.22. The van der Waals surface area contributed by atoms with E-state index in [1.165, 1.54) is 28.2 Å². The Labute approximate surface area is 181 Å². The molecule has 30 heavy (non-hydrogen) atoms. The Morgan fingerprint density at radius 1 is 1.10 bits per heavy atom. The number of nitrogens with zero attached hydrogens (tertiary/aromatic N) is 3. The van der Waals surface area contributed by atoms with Crippen LogP contribution < -0.4 is 16.0 Å². The van der Waals surface area contributed by atoms with Crippen LogP contribution in [0.5, 0.6) is 0 Å². The standard InChI is InChI=1S/C21H20N6OS2/c1-22-16-14-11-13-7-9-23-10-8-15(13)24-20(14)29-17(16)18(28)25-21-27-26-19(30-21)12-5-3-2-4-6-12/h2-6,11,22-23H,7-10H2,1H3,(H,25,27,28). The second kappa shape index (κ2) is 8.10. The molecule has 4 aromatic rings. The van der Waals surface area contributed by atoms with Crippen molar-refractivity contribution in [2.24, 2.45) is 0 Å². The van der Waals surface area contributed by atoms with Gasteiger partial charge in [0.25, 0.3) is 5.91 Å². The Balaban J connectivity index is 1.45. The van der Waals surface area contributed by atoms with Gasteiger partial charge in [-0.15, -0.1) is 21.5 Å². The van der Waals surface area contributed by atoms with Gasteiger partial charge in [-0.3, -0.25) is 10.1 Å². The van der Waals surface area contributed by atoms with Crippen LogP contribution in [0.1, 0.15) is 20.9 Å². The van der Waals surface area contributed by atoms with E-state index in [2.05, 4.69) is 32.2 Å². The van der Waals surface area contributed by atoms with Crippen molar-refractivity contribution in [1.29, 1.82) is 0 Å². The lowest BCUT2D eigenvalue weighted by Gasteiger charge is -2.06. The van der Waals surface area contributed by atoms with E-state index in [4.69, 9.17) is 4.98 Å². The van der Waals surface area contributed by atoms with Crippen molar-refractivity contribution in [1.82, 2.24) is 20.5 Å². The van der Waals surface area contributed by atoms with E-state index < -0.39 is 0 Å². The monoisotopic (exact) mass is 436 g/mol. The van der Waals surface area contributed by atoms with Crippen molar-refractivity contribution in [2.75, 3.05) is 30.8 Å². The largest absolute Gasteiger partial charge is 0.386 e. The fourth-order valence-electron chi connectivity index (χ4n) is 3.62. The Bertz CT molecular complexity index is 1220. The highest BCUT2D eigenvalue weighted by molar-refractivity contribution is 7.21. The summed E-state index contributed by atoms with van der Waals surface area (Å²) in [5.74, 6) is -0.199. The lowest BCUT2D eigenvalue weighted by Crippen LogP contribution is -2.16. The first kappa shape index (κ1) is 19.1. The summed E-state index contributed by atoms with van der Waals surface area (Å²) in [4.78, 5) is 19.4.